The molecule has 1 fully saturated rings. The molecule has 28 heavy (non-hydrogen) atoms. The van der Waals surface area contributed by atoms with Crippen molar-refractivity contribution in [2.75, 3.05) is 11.1 Å². The summed E-state index contributed by atoms with van der Waals surface area (Å²) in [4.78, 5) is 12.1. The molecule has 1 aliphatic rings. The van der Waals surface area contributed by atoms with Gasteiger partial charge in [-0.3, -0.25) is 9.36 Å². The Bertz CT molecular complexity index is 912. The first-order chi connectivity index (χ1) is 13.7. The Hall–Kier alpha value is -2.55. The molecular weight excluding hydrogens is 378 g/mol. The van der Waals surface area contributed by atoms with E-state index in [1.807, 2.05) is 12.1 Å². The van der Waals surface area contributed by atoms with Crippen molar-refractivity contribution in [2.45, 2.75) is 56.6 Å². The molecule has 0 bridgehead atoms. The molecule has 3 heterocycles. The van der Waals surface area contributed by atoms with Crippen molar-refractivity contribution in [1.29, 1.82) is 0 Å². The van der Waals surface area contributed by atoms with E-state index < -0.39 is 0 Å². The first kappa shape index (κ1) is 18.8. The van der Waals surface area contributed by atoms with Gasteiger partial charge in [0.05, 0.1) is 6.26 Å². The second-order valence-corrected chi connectivity index (χ2v) is 7.98. The van der Waals surface area contributed by atoms with Crippen molar-refractivity contribution in [1.82, 2.24) is 19.9 Å². The molecule has 9 heteroatoms. The predicted molar refractivity (Wildman–Crippen MR) is 105 cm³/mol. The normalized spacial score (nSPS) is 15.0. The quantitative estimate of drug-likeness (QED) is 0.583. The minimum atomic E-state index is -0.101. The SMILES string of the molecule is Cc1cc(NC(=O)CCSc2nnc(-c3ccco3)n2C2CCCCC2)no1. The number of carbonyl (C=O) groups is 1. The van der Waals surface area contributed by atoms with E-state index in [4.69, 9.17) is 8.94 Å². The van der Waals surface area contributed by atoms with Gasteiger partial charge in [0.15, 0.2) is 16.7 Å². The Morgan fingerprint density at radius 2 is 2.18 bits per heavy atom. The Morgan fingerprint density at radius 1 is 1.32 bits per heavy atom. The molecule has 1 saturated carbocycles. The van der Waals surface area contributed by atoms with Gasteiger partial charge in [0, 0.05) is 24.3 Å². The number of hydrogen-bond acceptors (Lipinski definition) is 7. The molecular formula is C19H23N5O3S. The molecule has 4 rings (SSSR count). The van der Waals surface area contributed by atoms with Crippen molar-refractivity contribution in [2.24, 2.45) is 0 Å². The monoisotopic (exact) mass is 401 g/mol. The Labute approximate surface area is 167 Å². The molecule has 0 aromatic carbocycles. The fourth-order valence-electron chi connectivity index (χ4n) is 3.48. The van der Waals surface area contributed by atoms with Crippen LogP contribution in [0.5, 0.6) is 0 Å². The lowest BCUT2D eigenvalue weighted by Gasteiger charge is -2.25. The van der Waals surface area contributed by atoms with Crippen molar-refractivity contribution in [3.8, 4) is 11.6 Å². The lowest BCUT2D eigenvalue weighted by Crippen LogP contribution is -2.16. The summed E-state index contributed by atoms with van der Waals surface area (Å²) < 4.78 is 12.7. The number of nitrogens with zero attached hydrogens (tertiary/aromatic N) is 4. The van der Waals surface area contributed by atoms with E-state index >= 15 is 0 Å². The van der Waals surface area contributed by atoms with E-state index in [0.29, 0.717) is 29.8 Å². The van der Waals surface area contributed by atoms with E-state index in [1.54, 1.807) is 31.0 Å². The van der Waals surface area contributed by atoms with E-state index in [1.165, 1.54) is 19.3 Å². The van der Waals surface area contributed by atoms with E-state index in [0.717, 1.165) is 29.6 Å². The average molecular weight is 401 g/mol. The highest BCUT2D eigenvalue weighted by Crippen LogP contribution is 2.35. The zero-order chi connectivity index (χ0) is 19.3. The smallest absolute Gasteiger partial charge is 0.226 e. The summed E-state index contributed by atoms with van der Waals surface area (Å²) in [5.41, 5.74) is 0. The van der Waals surface area contributed by atoms with Crippen LogP contribution >= 0.6 is 11.8 Å². The van der Waals surface area contributed by atoms with Gasteiger partial charge >= 0.3 is 0 Å². The molecule has 3 aromatic rings. The van der Waals surface area contributed by atoms with Crippen LogP contribution in [0.25, 0.3) is 11.6 Å². The number of furan rings is 1. The van der Waals surface area contributed by atoms with Gasteiger partial charge in [0.25, 0.3) is 0 Å². The number of nitrogens with one attached hydrogen (secondary N) is 1. The summed E-state index contributed by atoms with van der Waals surface area (Å²) in [7, 11) is 0. The van der Waals surface area contributed by atoms with Gasteiger partial charge in [0.2, 0.25) is 11.7 Å². The molecule has 1 aliphatic carbocycles. The summed E-state index contributed by atoms with van der Waals surface area (Å²) in [6.45, 7) is 1.78. The first-order valence-electron chi connectivity index (χ1n) is 9.55. The zero-order valence-electron chi connectivity index (χ0n) is 15.8. The fraction of sp³-hybridized carbons (Fsp3) is 0.474. The van der Waals surface area contributed by atoms with Crippen molar-refractivity contribution in [3.05, 3.63) is 30.2 Å². The molecule has 148 valence electrons. The van der Waals surface area contributed by atoms with Crippen LogP contribution in [0.15, 0.2) is 38.6 Å². The summed E-state index contributed by atoms with van der Waals surface area (Å²) in [6, 6.07) is 5.84. The summed E-state index contributed by atoms with van der Waals surface area (Å²) in [5.74, 6) is 3.10. The van der Waals surface area contributed by atoms with Crippen LogP contribution < -0.4 is 5.32 Å². The van der Waals surface area contributed by atoms with Gasteiger partial charge in [-0.1, -0.05) is 36.2 Å². The van der Waals surface area contributed by atoms with E-state index in [-0.39, 0.29) is 5.91 Å². The zero-order valence-corrected chi connectivity index (χ0v) is 16.6. The van der Waals surface area contributed by atoms with Gasteiger partial charge in [-0.15, -0.1) is 10.2 Å². The maximum absolute atomic E-state index is 12.1. The average Bonchev–Trinajstić information content (AvgIpc) is 3.43. The number of amides is 1. The van der Waals surface area contributed by atoms with Gasteiger partial charge in [-0.05, 0) is 31.9 Å². The molecule has 8 nitrogen and oxygen atoms in total. The third-order valence-corrected chi connectivity index (χ3v) is 5.75. The number of thioether (sulfide) groups is 1. The van der Waals surface area contributed by atoms with Gasteiger partial charge < -0.3 is 14.3 Å². The highest BCUT2D eigenvalue weighted by molar-refractivity contribution is 7.99. The van der Waals surface area contributed by atoms with Crippen LogP contribution in [-0.2, 0) is 4.79 Å². The Kier molecular flexibility index (Phi) is 5.80. The van der Waals surface area contributed by atoms with E-state index in [2.05, 4.69) is 25.2 Å². The second-order valence-electron chi connectivity index (χ2n) is 6.91. The lowest BCUT2D eigenvalue weighted by molar-refractivity contribution is -0.115. The molecule has 0 atom stereocenters. The first-order valence-corrected chi connectivity index (χ1v) is 10.5. The molecule has 3 aromatic heterocycles. The number of aromatic nitrogens is 4. The largest absolute Gasteiger partial charge is 0.461 e. The molecule has 0 unspecified atom stereocenters. The standard InChI is InChI=1S/C19H23N5O3S/c1-13-12-16(23-27-13)20-17(25)9-11-28-19-22-21-18(15-8-5-10-26-15)24(19)14-6-3-2-4-7-14/h5,8,10,12,14H,2-4,6-7,9,11H2,1H3,(H,20,23,25). The van der Waals surface area contributed by atoms with Crippen LogP contribution in [0.2, 0.25) is 0 Å². The second kappa shape index (κ2) is 8.64. The number of anilines is 1. The topological polar surface area (TPSA) is 99.0 Å². The number of aryl methyl sites for hydroxylation is 1. The molecule has 0 saturated heterocycles. The summed E-state index contributed by atoms with van der Waals surface area (Å²) in [5, 5.41) is 16.1. The van der Waals surface area contributed by atoms with Crippen molar-refractivity contribution < 1.29 is 13.7 Å². The Balaban J connectivity index is 1.43. The molecule has 1 amide bonds. The molecule has 0 radical (unpaired) electrons. The molecule has 1 N–H and O–H groups in total. The van der Waals surface area contributed by atoms with Gasteiger partial charge in [-0.2, -0.15) is 0 Å². The summed E-state index contributed by atoms with van der Waals surface area (Å²) >= 11 is 1.55. The predicted octanol–water partition coefficient (Wildman–Crippen LogP) is 4.46. The number of rotatable bonds is 7. The molecule has 0 aliphatic heterocycles. The van der Waals surface area contributed by atoms with Crippen LogP contribution in [0, 0.1) is 6.92 Å². The van der Waals surface area contributed by atoms with E-state index in [9.17, 15) is 4.79 Å². The molecule has 0 spiro atoms. The summed E-state index contributed by atoms with van der Waals surface area (Å²) in [6.07, 6.45) is 7.94. The van der Waals surface area contributed by atoms with Crippen molar-refractivity contribution >= 4 is 23.5 Å². The number of carbonyl (C=O) groups excluding carboxylic acids is 1. The lowest BCUT2D eigenvalue weighted by atomic mass is 9.95. The highest BCUT2D eigenvalue weighted by atomic mass is 32.2. The third-order valence-electron chi connectivity index (χ3n) is 4.80. The number of hydrogen-bond donors (Lipinski definition) is 1. The minimum absolute atomic E-state index is 0.101. The fourth-order valence-corrected chi connectivity index (χ4v) is 4.43. The minimum Gasteiger partial charge on any atom is -0.461 e. The van der Waals surface area contributed by atoms with Gasteiger partial charge in [0.1, 0.15) is 5.76 Å². The third kappa shape index (κ3) is 4.30. The Morgan fingerprint density at radius 3 is 2.89 bits per heavy atom. The highest BCUT2D eigenvalue weighted by Gasteiger charge is 2.25. The van der Waals surface area contributed by atoms with Crippen LogP contribution in [-0.4, -0.2) is 31.6 Å². The van der Waals surface area contributed by atoms with Crippen molar-refractivity contribution in [3.63, 3.8) is 0 Å². The van der Waals surface area contributed by atoms with Gasteiger partial charge in [-0.25, -0.2) is 0 Å². The maximum Gasteiger partial charge on any atom is 0.226 e. The van der Waals surface area contributed by atoms with Crippen LogP contribution in [0.1, 0.15) is 50.3 Å². The maximum atomic E-state index is 12.1. The van der Waals surface area contributed by atoms with Crippen LogP contribution in [0.3, 0.4) is 0 Å². The van der Waals surface area contributed by atoms with Crippen LogP contribution in [0.4, 0.5) is 5.82 Å².